The fraction of sp³-hybridized carbons (Fsp3) is 0.278. The summed E-state index contributed by atoms with van der Waals surface area (Å²) in [6.45, 7) is -0.0722. The largest absolute Gasteiger partial charge is 0.484 e. The van der Waals surface area contributed by atoms with E-state index < -0.39 is 17.8 Å². The van der Waals surface area contributed by atoms with Gasteiger partial charge in [0.15, 0.2) is 6.61 Å². The first-order valence-electron chi connectivity index (χ1n) is 8.17. The zero-order chi connectivity index (χ0) is 19.6. The van der Waals surface area contributed by atoms with Crippen molar-refractivity contribution in [1.29, 1.82) is 0 Å². The van der Waals surface area contributed by atoms with Crippen LogP contribution in [0.1, 0.15) is 16.9 Å². The van der Waals surface area contributed by atoms with Gasteiger partial charge in [0.1, 0.15) is 17.3 Å². The van der Waals surface area contributed by atoms with Crippen LogP contribution in [0.3, 0.4) is 0 Å². The van der Waals surface area contributed by atoms with Gasteiger partial charge in [0.05, 0.1) is 11.1 Å². The summed E-state index contributed by atoms with van der Waals surface area (Å²) in [4.78, 5) is 27.4. The molecule has 0 spiro atoms. The van der Waals surface area contributed by atoms with Gasteiger partial charge in [-0.1, -0.05) is 17.7 Å². The lowest BCUT2D eigenvalue weighted by Gasteiger charge is -2.12. The van der Waals surface area contributed by atoms with Crippen LogP contribution in [0.4, 0.5) is 4.39 Å². The average molecular weight is 396 g/mol. The minimum atomic E-state index is -0.829. The molecule has 0 fully saturated rings. The van der Waals surface area contributed by atoms with Gasteiger partial charge in [-0.3, -0.25) is 14.6 Å². The molecule has 2 aromatic rings. The monoisotopic (exact) mass is 395 g/mol. The highest BCUT2D eigenvalue weighted by Crippen LogP contribution is 2.20. The number of aromatic nitrogens is 1. The van der Waals surface area contributed by atoms with E-state index in [-0.39, 0.29) is 48.5 Å². The molecule has 0 aliphatic rings. The molecule has 0 saturated heterocycles. The topological polar surface area (TPSA) is 101 Å². The Morgan fingerprint density at radius 1 is 1.26 bits per heavy atom. The lowest BCUT2D eigenvalue weighted by Crippen LogP contribution is -2.36. The highest BCUT2D eigenvalue weighted by Gasteiger charge is 2.11. The quantitative estimate of drug-likeness (QED) is 0.598. The van der Waals surface area contributed by atoms with Crippen molar-refractivity contribution in [3.8, 4) is 5.75 Å². The van der Waals surface area contributed by atoms with E-state index >= 15 is 0 Å². The Morgan fingerprint density at radius 3 is 2.78 bits per heavy atom. The number of ether oxygens (including phenoxy) is 1. The number of carbonyl (C=O) groups excluding carboxylic acids is 2. The second kappa shape index (κ2) is 10.4. The number of hydrogen-bond acceptors (Lipinski definition) is 5. The van der Waals surface area contributed by atoms with Crippen LogP contribution in [0.25, 0.3) is 0 Å². The molecule has 0 saturated carbocycles. The molecule has 1 aromatic heterocycles. The smallest absolute Gasteiger partial charge is 0.269 e. The molecule has 0 radical (unpaired) electrons. The van der Waals surface area contributed by atoms with Crippen LogP contribution < -0.4 is 15.4 Å². The zero-order valence-corrected chi connectivity index (χ0v) is 15.1. The maximum atomic E-state index is 13.3. The van der Waals surface area contributed by atoms with E-state index in [0.717, 1.165) is 6.07 Å². The van der Waals surface area contributed by atoms with Crippen molar-refractivity contribution in [2.45, 2.75) is 12.5 Å². The maximum absolute atomic E-state index is 13.3. The van der Waals surface area contributed by atoms with Crippen molar-refractivity contribution in [1.82, 2.24) is 15.6 Å². The third-order valence-electron chi connectivity index (χ3n) is 3.46. The summed E-state index contributed by atoms with van der Waals surface area (Å²) < 4.78 is 18.4. The SMILES string of the molecule is O=C(COc1ccc(Cl)c(F)c1)NCC[C@H](O)CNC(=O)c1ccccn1. The standard InChI is InChI=1S/C18H19ClFN3O4/c19-14-5-4-13(9-15(14)20)27-11-17(25)22-8-6-12(24)10-23-18(26)16-3-1-2-7-21-16/h1-5,7,9,12,24H,6,8,10-11H2,(H,22,25)(H,23,26)/t12-/m0/s1. The van der Waals surface area contributed by atoms with Gasteiger partial charge in [0.2, 0.25) is 0 Å². The molecule has 0 bridgehead atoms. The van der Waals surface area contributed by atoms with Crippen LogP contribution in [0.15, 0.2) is 42.6 Å². The first-order chi connectivity index (χ1) is 13.0. The fourth-order valence-corrected chi connectivity index (χ4v) is 2.16. The van der Waals surface area contributed by atoms with E-state index in [1.165, 1.54) is 18.3 Å². The van der Waals surface area contributed by atoms with Crippen molar-refractivity contribution in [3.05, 3.63) is 59.1 Å². The van der Waals surface area contributed by atoms with E-state index in [4.69, 9.17) is 16.3 Å². The molecule has 0 aliphatic heterocycles. The molecule has 1 atom stereocenters. The normalized spacial score (nSPS) is 11.5. The van der Waals surface area contributed by atoms with Crippen LogP contribution in [-0.2, 0) is 4.79 Å². The van der Waals surface area contributed by atoms with Crippen molar-refractivity contribution in [2.24, 2.45) is 0 Å². The maximum Gasteiger partial charge on any atom is 0.269 e. The van der Waals surface area contributed by atoms with Gasteiger partial charge in [-0.2, -0.15) is 0 Å². The van der Waals surface area contributed by atoms with E-state index in [0.29, 0.717) is 0 Å². The van der Waals surface area contributed by atoms with Crippen LogP contribution >= 0.6 is 11.6 Å². The Kier molecular flexibility index (Phi) is 7.97. The summed E-state index contributed by atoms with van der Waals surface area (Å²) in [5.74, 6) is -1.26. The molecule has 1 heterocycles. The molecular weight excluding hydrogens is 377 g/mol. The Hall–Kier alpha value is -2.71. The molecule has 27 heavy (non-hydrogen) atoms. The van der Waals surface area contributed by atoms with Crippen molar-refractivity contribution < 1.29 is 23.8 Å². The van der Waals surface area contributed by atoms with Gasteiger partial charge >= 0.3 is 0 Å². The molecule has 2 amide bonds. The number of nitrogens with zero attached hydrogens (tertiary/aromatic N) is 1. The summed E-state index contributed by atoms with van der Waals surface area (Å²) in [6.07, 6.45) is 0.912. The number of hydrogen-bond donors (Lipinski definition) is 3. The van der Waals surface area contributed by atoms with Crippen LogP contribution in [0.5, 0.6) is 5.75 Å². The van der Waals surface area contributed by atoms with Crippen LogP contribution in [0, 0.1) is 5.82 Å². The second-order valence-corrected chi connectivity index (χ2v) is 5.99. The predicted molar refractivity (Wildman–Crippen MR) is 97.1 cm³/mol. The van der Waals surface area contributed by atoms with Crippen molar-refractivity contribution >= 4 is 23.4 Å². The fourth-order valence-electron chi connectivity index (χ4n) is 2.04. The van der Waals surface area contributed by atoms with Crippen molar-refractivity contribution in [3.63, 3.8) is 0 Å². The second-order valence-electron chi connectivity index (χ2n) is 5.58. The lowest BCUT2D eigenvalue weighted by atomic mass is 10.2. The summed E-state index contributed by atoms with van der Waals surface area (Å²) in [7, 11) is 0. The summed E-state index contributed by atoms with van der Waals surface area (Å²) in [5.41, 5.74) is 0.258. The first-order valence-corrected chi connectivity index (χ1v) is 8.55. The number of benzene rings is 1. The zero-order valence-electron chi connectivity index (χ0n) is 14.3. The van der Waals surface area contributed by atoms with E-state index in [1.807, 2.05) is 0 Å². The molecule has 144 valence electrons. The molecule has 7 nitrogen and oxygen atoms in total. The summed E-state index contributed by atoms with van der Waals surface area (Å²) >= 11 is 5.56. The Balaban J connectivity index is 1.61. The molecule has 1 aromatic carbocycles. The van der Waals surface area contributed by atoms with Gasteiger partial charge in [0.25, 0.3) is 11.8 Å². The average Bonchev–Trinajstić information content (AvgIpc) is 2.67. The Morgan fingerprint density at radius 2 is 2.07 bits per heavy atom. The first kappa shape index (κ1) is 20.6. The number of rotatable bonds is 9. The van der Waals surface area contributed by atoms with E-state index in [9.17, 15) is 19.1 Å². The number of aliphatic hydroxyl groups is 1. The minimum absolute atomic E-state index is 0.0316. The third kappa shape index (κ3) is 7.20. The van der Waals surface area contributed by atoms with Crippen molar-refractivity contribution in [2.75, 3.05) is 19.7 Å². The van der Waals surface area contributed by atoms with E-state index in [2.05, 4.69) is 15.6 Å². The molecule has 9 heteroatoms. The Labute approximate surface area is 160 Å². The van der Waals surface area contributed by atoms with Gasteiger partial charge in [0, 0.05) is 25.4 Å². The lowest BCUT2D eigenvalue weighted by molar-refractivity contribution is -0.123. The van der Waals surface area contributed by atoms with Crippen LogP contribution in [-0.4, -0.2) is 47.7 Å². The number of halogens is 2. The van der Waals surface area contributed by atoms with E-state index in [1.54, 1.807) is 18.2 Å². The van der Waals surface area contributed by atoms with Gasteiger partial charge in [-0.15, -0.1) is 0 Å². The highest BCUT2D eigenvalue weighted by atomic mass is 35.5. The summed E-state index contributed by atoms with van der Waals surface area (Å²) in [6, 6.07) is 8.82. The molecule has 2 rings (SSSR count). The number of carbonyl (C=O) groups is 2. The third-order valence-corrected chi connectivity index (χ3v) is 3.76. The highest BCUT2D eigenvalue weighted by molar-refractivity contribution is 6.30. The molecular formula is C18H19ClFN3O4. The predicted octanol–water partition coefficient (Wildman–Crippen LogP) is 1.55. The van der Waals surface area contributed by atoms with Gasteiger partial charge < -0.3 is 20.5 Å². The molecule has 0 unspecified atom stereocenters. The molecule has 0 aliphatic carbocycles. The van der Waals surface area contributed by atoms with Gasteiger partial charge in [-0.05, 0) is 30.7 Å². The van der Waals surface area contributed by atoms with Gasteiger partial charge in [-0.25, -0.2) is 4.39 Å². The number of pyridine rings is 1. The number of amides is 2. The minimum Gasteiger partial charge on any atom is -0.484 e. The summed E-state index contributed by atoms with van der Waals surface area (Å²) in [5, 5.41) is 14.9. The number of nitrogens with one attached hydrogen (secondary N) is 2. The van der Waals surface area contributed by atoms with Crippen LogP contribution in [0.2, 0.25) is 5.02 Å². The Bertz CT molecular complexity index is 776. The molecule has 3 N–H and O–H groups in total. The number of aliphatic hydroxyl groups excluding tert-OH is 1.